The lowest BCUT2D eigenvalue weighted by molar-refractivity contribution is 0.0767. The standard InChI is InChI=1S/C14H21N5O2/c1-8-17-13(21-18-8)5-16-14(15-2)19-6-9-10(7-19)12-4-3-11(9)20-12/h9-12H,3-7H2,1-2H3,(H,15,16). The number of guanidine groups is 1. The number of likely N-dealkylation sites (tertiary alicyclic amines) is 1. The van der Waals surface area contributed by atoms with Gasteiger partial charge in [-0.15, -0.1) is 0 Å². The first-order valence-corrected chi connectivity index (χ1v) is 7.65. The van der Waals surface area contributed by atoms with Crippen molar-refractivity contribution in [2.75, 3.05) is 20.1 Å². The van der Waals surface area contributed by atoms with Crippen LogP contribution in [0.2, 0.25) is 0 Å². The third kappa shape index (κ3) is 2.19. The van der Waals surface area contributed by atoms with Crippen molar-refractivity contribution in [3.8, 4) is 0 Å². The molecule has 4 rings (SSSR count). The number of rotatable bonds is 2. The van der Waals surface area contributed by atoms with Gasteiger partial charge >= 0.3 is 0 Å². The Kier molecular flexibility index (Phi) is 3.10. The maximum Gasteiger partial charge on any atom is 0.246 e. The van der Waals surface area contributed by atoms with E-state index in [1.54, 1.807) is 0 Å². The molecule has 4 heterocycles. The van der Waals surface area contributed by atoms with Gasteiger partial charge in [0.25, 0.3) is 0 Å². The van der Waals surface area contributed by atoms with E-state index in [-0.39, 0.29) is 0 Å². The summed E-state index contributed by atoms with van der Waals surface area (Å²) in [6.45, 7) is 4.41. The molecule has 2 bridgehead atoms. The topological polar surface area (TPSA) is 75.8 Å². The van der Waals surface area contributed by atoms with Gasteiger partial charge in [-0.05, 0) is 19.8 Å². The second-order valence-electron chi connectivity index (χ2n) is 6.16. The quantitative estimate of drug-likeness (QED) is 0.634. The molecule has 3 aliphatic heterocycles. The van der Waals surface area contributed by atoms with Crippen molar-refractivity contribution in [1.29, 1.82) is 0 Å². The maximum atomic E-state index is 6.01. The highest BCUT2D eigenvalue weighted by molar-refractivity contribution is 5.80. The Balaban J connectivity index is 1.39. The van der Waals surface area contributed by atoms with Gasteiger partial charge in [-0.3, -0.25) is 4.99 Å². The van der Waals surface area contributed by atoms with E-state index in [0.717, 1.165) is 19.0 Å². The molecule has 4 unspecified atom stereocenters. The second-order valence-corrected chi connectivity index (χ2v) is 6.16. The van der Waals surface area contributed by atoms with Crippen molar-refractivity contribution >= 4 is 5.96 Å². The first-order valence-electron chi connectivity index (χ1n) is 7.65. The molecular weight excluding hydrogens is 270 g/mol. The molecule has 21 heavy (non-hydrogen) atoms. The van der Waals surface area contributed by atoms with Gasteiger partial charge in [0.1, 0.15) is 0 Å². The van der Waals surface area contributed by atoms with E-state index in [9.17, 15) is 0 Å². The highest BCUT2D eigenvalue weighted by atomic mass is 16.5. The predicted octanol–water partition coefficient (Wildman–Crippen LogP) is 0.563. The summed E-state index contributed by atoms with van der Waals surface area (Å²) in [5.74, 6) is 3.52. The third-order valence-electron chi connectivity index (χ3n) is 4.93. The predicted molar refractivity (Wildman–Crippen MR) is 75.7 cm³/mol. The zero-order valence-electron chi connectivity index (χ0n) is 12.5. The first kappa shape index (κ1) is 13.1. The van der Waals surface area contributed by atoms with Crippen LogP contribution in [-0.4, -0.2) is 53.3 Å². The zero-order chi connectivity index (χ0) is 14.4. The largest absolute Gasteiger partial charge is 0.374 e. The Hall–Kier alpha value is -1.63. The molecule has 3 fully saturated rings. The van der Waals surface area contributed by atoms with Gasteiger partial charge in [0.2, 0.25) is 5.89 Å². The molecule has 1 aromatic heterocycles. The fourth-order valence-electron chi connectivity index (χ4n) is 4.03. The third-order valence-corrected chi connectivity index (χ3v) is 4.93. The SMILES string of the molecule is CN=C(NCc1nc(C)no1)N1CC2C3CCC(O3)C2C1. The number of hydrogen-bond donors (Lipinski definition) is 1. The number of ether oxygens (including phenoxy) is 1. The highest BCUT2D eigenvalue weighted by Gasteiger charge is 2.53. The molecule has 4 atom stereocenters. The van der Waals surface area contributed by atoms with E-state index < -0.39 is 0 Å². The molecule has 3 saturated heterocycles. The van der Waals surface area contributed by atoms with Crippen LogP contribution in [0.25, 0.3) is 0 Å². The molecule has 0 spiro atoms. The lowest BCUT2D eigenvalue weighted by Gasteiger charge is -2.22. The molecule has 0 amide bonds. The molecule has 0 saturated carbocycles. The number of nitrogens with zero attached hydrogens (tertiary/aromatic N) is 4. The number of nitrogens with one attached hydrogen (secondary N) is 1. The smallest absolute Gasteiger partial charge is 0.246 e. The molecule has 0 aromatic carbocycles. The van der Waals surface area contributed by atoms with Crippen LogP contribution in [0.3, 0.4) is 0 Å². The van der Waals surface area contributed by atoms with Crippen LogP contribution in [0.1, 0.15) is 24.6 Å². The van der Waals surface area contributed by atoms with E-state index >= 15 is 0 Å². The average molecular weight is 291 g/mol. The van der Waals surface area contributed by atoms with Crippen molar-refractivity contribution in [2.45, 2.75) is 38.5 Å². The Morgan fingerprint density at radius 1 is 1.33 bits per heavy atom. The summed E-state index contributed by atoms with van der Waals surface area (Å²) >= 11 is 0. The number of aryl methyl sites for hydroxylation is 1. The summed E-state index contributed by atoms with van der Waals surface area (Å²) in [5.41, 5.74) is 0. The Labute approximate surface area is 123 Å². The van der Waals surface area contributed by atoms with Crippen LogP contribution in [-0.2, 0) is 11.3 Å². The van der Waals surface area contributed by atoms with Crippen molar-refractivity contribution in [3.05, 3.63) is 11.7 Å². The molecular formula is C14H21N5O2. The van der Waals surface area contributed by atoms with E-state index in [0.29, 0.717) is 42.3 Å². The van der Waals surface area contributed by atoms with Crippen molar-refractivity contribution < 1.29 is 9.26 Å². The van der Waals surface area contributed by atoms with Gasteiger partial charge in [-0.1, -0.05) is 5.16 Å². The fourth-order valence-corrected chi connectivity index (χ4v) is 4.03. The first-order chi connectivity index (χ1) is 10.2. The second kappa shape index (κ2) is 4.98. The number of aromatic nitrogens is 2. The van der Waals surface area contributed by atoms with Gasteiger partial charge < -0.3 is 19.5 Å². The average Bonchev–Trinajstić information content (AvgIpc) is 3.20. The van der Waals surface area contributed by atoms with Crippen LogP contribution >= 0.6 is 0 Å². The minimum atomic E-state index is 0.474. The normalized spacial score (nSPS) is 34.6. The van der Waals surface area contributed by atoms with E-state index in [1.807, 2.05) is 14.0 Å². The summed E-state index contributed by atoms with van der Waals surface area (Å²) in [6.07, 6.45) is 3.41. The minimum Gasteiger partial charge on any atom is -0.374 e. The maximum absolute atomic E-state index is 6.01. The molecule has 7 heteroatoms. The monoisotopic (exact) mass is 291 g/mol. The van der Waals surface area contributed by atoms with Crippen molar-refractivity contribution in [3.63, 3.8) is 0 Å². The van der Waals surface area contributed by atoms with E-state index in [2.05, 4.69) is 25.3 Å². The van der Waals surface area contributed by atoms with Gasteiger partial charge in [0, 0.05) is 32.0 Å². The van der Waals surface area contributed by atoms with Gasteiger partial charge in [-0.2, -0.15) is 4.98 Å². The zero-order valence-corrected chi connectivity index (χ0v) is 12.5. The minimum absolute atomic E-state index is 0.474. The molecule has 114 valence electrons. The molecule has 1 N–H and O–H groups in total. The summed E-state index contributed by atoms with van der Waals surface area (Å²) < 4.78 is 11.1. The lowest BCUT2D eigenvalue weighted by Crippen LogP contribution is -2.41. The summed E-state index contributed by atoms with van der Waals surface area (Å²) in [6, 6.07) is 0. The van der Waals surface area contributed by atoms with Gasteiger partial charge in [0.15, 0.2) is 11.8 Å². The van der Waals surface area contributed by atoms with Crippen LogP contribution in [0.5, 0.6) is 0 Å². The Bertz CT molecular complexity index is 539. The Morgan fingerprint density at radius 2 is 2.05 bits per heavy atom. The summed E-state index contributed by atoms with van der Waals surface area (Å²) in [7, 11) is 1.82. The summed E-state index contributed by atoms with van der Waals surface area (Å²) in [4.78, 5) is 10.9. The molecule has 0 radical (unpaired) electrons. The van der Waals surface area contributed by atoms with Crippen molar-refractivity contribution in [2.24, 2.45) is 16.8 Å². The van der Waals surface area contributed by atoms with Crippen molar-refractivity contribution in [1.82, 2.24) is 20.4 Å². The van der Waals surface area contributed by atoms with Crippen LogP contribution in [0.4, 0.5) is 0 Å². The van der Waals surface area contributed by atoms with Gasteiger partial charge in [0.05, 0.1) is 18.8 Å². The van der Waals surface area contributed by atoms with Crippen LogP contribution in [0.15, 0.2) is 9.52 Å². The van der Waals surface area contributed by atoms with Crippen LogP contribution < -0.4 is 5.32 Å². The number of aliphatic imine (C=N–C) groups is 1. The fraction of sp³-hybridized carbons (Fsp3) is 0.786. The van der Waals surface area contributed by atoms with E-state index in [1.165, 1.54) is 12.8 Å². The molecule has 7 nitrogen and oxygen atoms in total. The highest BCUT2D eigenvalue weighted by Crippen LogP contribution is 2.47. The molecule has 3 aliphatic rings. The van der Waals surface area contributed by atoms with E-state index in [4.69, 9.17) is 9.26 Å². The molecule has 1 aromatic rings. The lowest BCUT2D eigenvalue weighted by atomic mass is 9.82. The molecule has 0 aliphatic carbocycles. The number of hydrogen-bond acceptors (Lipinski definition) is 5. The van der Waals surface area contributed by atoms with Crippen LogP contribution in [0, 0.1) is 18.8 Å². The van der Waals surface area contributed by atoms with Gasteiger partial charge in [-0.25, -0.2) is 0 Å². The Morgan fingerprint density at radius 3 is 2.62 bits per heavy atom. The number of fused-ring (bicyclic) bond motifs is 5. The summed E-state index contributed by atoms with van der Waals surface area (Å²) in [5, 5.41) is 7.12.